The second kappa shape index (κ2) is 2.60. The lowest BCUT2D eigenvalue weighted by Gasteiger charge is -2.44. The minimum Gasteiger partial charge on any atom is -0.299 e. The maximum atomic E-state index is 12.0. The van der Waals surface area contributed by atoms with Gasteiger partial charge in [-0.2, -0.15) is 0 Å². The molecule has 0 amide bonds. The summed E-state index contributed by atoms with van der Waals surface area (Å²) in [6, 6.07) is 0. The van der Waals surface area contributed by atoms with Gasteiger partial charge in [-0.15, -0.1) is 0 Å². The molecule has 0 radical (unpaired) electrons. The highest BCUT2D eigenvalue weighted by Crippen LogP contribution is 2.77. The first-order valence-corrected chi connectivity index (χ1v) is 6.41. The van der Waals surface area contributed by atoms with Gasteiger partial charge >= 0.3 is 0 Å². The molecule has 3 rings (SSSR count). The molecule has 3 aliphatic carbocycles. The monoisotopic (exact) mass is 220 g/mol. The Hall–Kier alpha value is -0.660. The van der Waals surface area contributed by atoms with Crippen LogP contribution in [-0.4, -0.2) is 11.6 Å². The number of ketones is 2. The van der Waals surface area contributed by atoms with E-state index >= 15 is 0 Å². The Morgan fingerprint density at radius 3 is 2.12 bits per heavy atom. The number of hydrogen-bond donors (Lipinski definition) is 0. The molecule has 3 aliphatic rings. The van der Waals surface area contributed by atoms with Crippen LogP contribution in [0.5, 0.6) is 0 Å². The molecule has 88 valence electrons. The lowest BCUT2D eigenvalue weighted by Crippen LogP contribution is -2.41. The molecule has 0 aliphatic heterocycles. The predicted molar refractivity (Wildman–Crippen MR) is 60.9 cm³/mol. The quantitative estimate of drug-likeness (QED) is 0.681. The average Bonchev–Trinajstić information content (AvgIpc) is 2.84. The molecule has 3 atom stereocenters. The van der Waals surface area contributed by atoms with Crippen molar-refractivity contribution >= 4 is 11.6 Å². The molecule has 0 saturated heterocycles. The van der Waals surface area contributed by atoms with Crippen LogP contribution in [0.25, 0.3) is 0 Å². The molecule has 16 heavy (non-hydrogen) atoms. The third-order valence-electron chi connectivity index (χ3n) is 6.31. The van der Waals surface area contributed by atoms with Gasteiger partial charge in [0, 0.05) is 24.2 Å². The van der Waals surface area contributed by atoms with Crippen LogP contribution in [0.1, 0.15) is 52.9 Å². The van der Waals surface area contributed by atoms with Gasteiger partial charge < -0.3 is 0 Å². The molecule has 3 saturated carbocycles. The summed E-state index contributed by atoms with van der Waals surface area (Å²) < 4.78 is 0. The second-order valence-electron chi connectivity index (χ2n) is 6.76. The average molecular weight is 220 g/mol. The summed E-state index contributed by atoms with van der Waals surface area (Å²) in [6.07, 6.45) is 4.54. The lowest BCUT2D eigenvalue weighted by atomic mass is 9.59. The molecular weight excluding hydrogens is 200 g/mol. The van der Waals surface area contributed by atoms with E-state index in [-0.39, 0.29) is 16.2 Å². The highest BCUT2D eigenvalue weighted by atomic mass is 16.1. The summed E-state index contributed by atoms with van der Waals surface area (Å²) >= 11 is 0. The van der Waals surface area contributed by atoms with Gasteiger partial charge in [-0.1, -0.05) is 20.8 Å². The number of Topliss-reactive ketones (excluding diaryl/α,β-unsaturated/α-hetero) is 2. The Morgan fingerprint density at radius 1 is 1.06 bits per heavy atom. The zero-order chi connectivity index (χ0) is 11.8. The third kappa shape index (κ3) is 0.869. The van der Waals surface area contributed by atoms with Gasteiger partial charge in [0.1, 0.15) is 11.6 Å². The molecule has 0 aromatic rings. The highest BCUT2D eigenvalue weighted by molar-refractivity contribution is 5.91. The first-order chi connectivity index (χ1) is 7.35. The first kappa shape index (κ1) is 10.5. The minimum atomic E-state index is -0.230. The number of carbonyl (C=O) groups is 2. The van der Waals surface area contributed by atoms with Crippen LogP contribution in [-0.2, 0) is 9.59 Å². The third-order valence-corrected chi connectivity index (χ3v) is 6.31. The van der Waals surface area contributed by atoms with Crippen molar-refractivity contribution in [3.8, 4) is 0 Å². The van der Waals surface area contributed by atoms with Crippen molar-refractivity contribution in [2.45, 2.75) is 52.9 Å². The molecule has 0 spiro atoms. The van der Waals surface area contributed by atoms with Crippen molar-refractivity contribution in [2.24, 2.45) is 22.2 Å². The largest absolute Gasteiger partial charge is 0.299 e. The van der Waals surface area contributed by atoms with Crippen LogP contribution in [0.15, 0.2) is 0 Å². The Morgan fingerprint density at radius 2 is 1.75 bits per heavy atom. The molecule has 0 N–H and O–H groups in total. The summed E-state index contributed by atoms with van der Waals surface area (Å²) in [5, 5.41) is 0. The molecule has 0 unspecified atom stereocenters. The lowest BCUT2D eigenvalue weighted by molar-refractivity contribution is -0.130. The van der Waals surface area contributed by atoms with E-state index in [9.17, 15) is 9.59 Å². The molecule has 0 bridgehead atoms. The molecule has 2 nitrogen and oxygen atoms in total. The van der Waals surface area contributed by atoms with Crippen LogP contribution < -0.4 is 0 Å². The highest BCUT2D eigenvalue weighted by Gasteiger charge is 2.74. The Bertz CT molecular complexity index is 396. The summed E-state index contributed by atoms with van der Waals surface area (Å²) in [5.41, 5.74) is 0.0278. The van der Waals surface area contributed by atoms with E-state index in [2.05, 4.69) is 20.8 Å². The Labute approximate surface area is 96.8 Å². The van der Waals surface area contributed by atoms with Crippen LogP contribution in [0.4, 0.5) is 0 Å². The summed E-state index contributed by atoms with van der Waals surface area (Å²) in [4.78, 5) is 23.8. The normalized spacial score (nSPS) is 49.6. The zero-order valence-electron chi connectivity index (χ0n) is 10.4. The van der Waals surface area contributed by atoms with Crippen molar-refractivity contribution in [1.29, 1.82) is 0 Å². The van der Waals surface area contributed by atoms with E-state index in [1.165, 1.54) is 0 Å². The van der Waals surface area contributed by atoms with Crippen LogP contribution in [0.2, 0.25) is 0 Å². The topological polar surface area (TPSA) is 34.1 Å². The smallest absolute Gasteiger partial charge is 0.139 e. The van der Waals surface area contributed by atoms with Gasteiger partial charge in [-0.3, -0.25) is 9.59 Å². The van der Waals surface area contributed by atoms with Crippen molar-refractivity contribution < 1.29 is 9.59 Å². The van der Waals surface area contributed by atoms with E-state index in [4.69, 9.17) is 0 Å². The molecule has 0 aromatic carbocycles. The van der Waals surface area contributed by atoms with Crippen LogP contribution in [0, 0.1) is 22.2 Å². The maximum Gasteiger partial charge on any atom is 0.139 e. The summed E-state index contributed by atoms with van der Waals surface area (Å²) in [6.45, 7) is 6.45. The first-order valence-electron chi connectivity index (χ1n) is 6.41. The second-order valence-corrected chi connectivity index (χ2v) is 6.76. The maximum absolute atomic E-state index is 12.0. The zero-order valence-corrected chi connectivity index (χ0v) is 10.4. The number of carbonyl (C=O) groups excluding carboxylic acids is 2. The standard InChI is InChI=1S/C14H20O2/c1-12(2)11(16)5-6-13(12,3)14-7-4-10(15)9(14)8-14/h9H,4-8H2,1-3H3/t9-,13-,14+/m1/s1. The van der Waals surface area contributed by atoms with E-state index in [0.717, 1.165) is 25.7 Å². The Kier molecular flexibility index (Phi) is 1.70. The van der Waals surface area contributed by atoms with Gasteiger partial charge in [0.15, 0.2) is 0 Å². The fourth-order valence-electron chi connectivity index (χ4n) is 4.58. The van der Waals surface area contributed by atoms with Crippen LogP contribution >= 0.6 is 0 Å². The van der Waals surface area contributed by atoms with Crippen molar-refractivity contribution in [3.63, 3.8) is 0 Å². The predicted octanol–water partition coefficient (Wildman–Crippen LogP) is 2.75. The van der Waals surface area contributed by atoms with Gasteiger partial charge in [0.2, 0.25) is 0 Å². The van der Waals surface area contributed by atoms with Crippen LogP contribution in [0.3, 0.4) is 0 Å². The molecule has 3 fully saturated rings. The molecule has 0 heterocycles. The number of rotatable bonds is 1. The SMILES string of the molecule is CC1(C)C(=O)CC[C@@]1(C)[C@]12CCC(=O)[C@H]1C2. The fourth-order valence-corrected chi connectivity index (χ4v) is 4.58. The van der Waals surface area contributed by atoms with Crippen molar-refractivity contribution in [3.05, 3.63) is 0 Å². The summed E-state index contributed by atoms with van der Waals surface area (Å²) in [7, 11) is 0. The van der Waals surface area contributed by atoms with E-state index in [1.807, 2.05) is 0 Å². The van der Waals surface area contributed by atoms with Crippen molar-refractivity contribution in [1.82, 2.24) is 0 Å². The Balaban J connectivity index is 2.02. The van der Waals surface area contributed by atoms with E-state index in [1.54, 1.807) is 0 Å². The van der Waals surface area contributed by atoms with E-state index < -0.39 is 0 Å². The van der Waals surface area contributed by atoms with Gasteiger partial charge in [0.05, 0.1) is 0 Å². The van der Waals surface area contributed by atoms with Gasteiger partial charge in [-0.05, 0) is 30.1 Å². The molecular formula is C14H20O2. The summed E-state index contributed by atoms with van der Waals surface area (Å²) in [5.74, 6) is 1.15. The van der Waals surface area contributed by atoms with Crippen molar-refractivity contribution in [2.75, 3.05) is 0 Å². The van der Waals surface area contributed by atoms with Gasteiger partial charge in [0.25, 0.3) is 0 Å². The molecule has 0 aromatic heterocycles. The number of hydrogen-bond acceptors (Lipinski definition) is 2. The fraction of sp³-hybridized carbons (Fsp3) is 0.857. The van der Waals surface area contributed by atoms with E-state index in [0.29, 0.717) is 23.9 Å². The van der Waals surface area contributed by atoms with Gasteiger partial charge in [-0.25, -0.2) is 0 Å². The minimum absolute atomic E-state index is 0.0634. The molecule has 2 heteroatoms. The number of fused-ring (bicyclic) bond motifs is 1.